The number of aromatic nitrogens is 2. The fourth-order valence-electron chi connectivity index (χ4n) is 1.50. The molecule has 2 rings (SSSR count). The average Bonchev–Trinajstić information content (AvgIpc) is 2.71. The van der Waals surface area contributed by atoms with E-state index in [4.69, 9.17) is 4.74 Å². The SMILES string of the molecule is CCc1nc(C)c(-c2cccc(OC)n2)s1. The van der Waals surface area contributed by atoms with Crippen LogP contribution in [0.1, 0.15) is 17.6 Å². The van der Waals surface area contributed by atoms with Gasteiger partial charge >= 0.3 is 0 Å². The summed E-state index contributed by atoms with van der Waals surface area (Å²) in [6.07, 6.45) is 0.968. The maximum atomic E-state index is 5.12. The standard InChI is InChI=1S/C12H14N2OS/c1-4-11-13-8(2)12(16-11)9-6-5-7-10(14-9)15-3/h5-7H,4H2,1-3H3. The zero-order chi connectivity index (χ0) is 11.5. The van der Waals surface area contributed by atoms with E-state index in [0.717, 1.165) is 27.7 Å². The van der Waals surface area contributed by atoms with Crippen molar-refractivity contribution in [1.29, 1.82) is 0 Å². The second-order valence-corrected chi connectivity index (χ2v) is 4.52. The van der Waals surface area contributed by atoms with Crippen LogP contribution < -0.4 is 4.74 Å². The molecule has 0 amide bonds. The minimum atomic E-state index is 0.642. The Labute approximate surface area is 99.1 Å². The Hall–Kier alpha value is -1.42. The molecular formula is C12H14N2OS. The van der Waals surface area contributed by atoms with Gasteiger partial charge in [0.2, 0.25) is 5.88 Å². The predicted octanol–water partition coefficient (Wildman–Crippen LogP) is 3.08. The number of hydrogen-bond acceptors (Lipinski definition) is 4. The van der Waals surface area contributed by atoms with Crippen LogP contribution in [0.2, 0.25) is 0 Å². The molecule has 0 saturated heterocycles. The Morgan fingerprint density at radius 2 is 2.12 bits per heavy atom. The van der Waals surface area contributed by atoms with Crippen molar-refractivity contribution < 1.29 is 4.74 Å². The molecular weight excluding hydrogens is 220 g/mol. The smallest absolute Gasteiger partial charge is 0.213 e. The van der Waals surface area contributed by atoms with E-state index in [9.17, 15) is 0 Å². The molecule has 2 heterocycles. The summed E-state index contributed by atoms with van der Waals surface area (Å²) in [6, 6.07) is 5.79. The number of pyridine rings is 1. The van der Waals surface area contributed by atoms with Gasteiger partial charge in [0.1, 0.15) is 0 Å². The Morgan fingerprint density at radius 1 is 1.31 bits per heavy atom. The largest absolute Gasteiger partial charge is 0.481 e. The molecule has 0 aromatic carbocycles. The van der Waals surface area contributed by atoms with Crippen molar-refractivity contribution in [3.05, 3.63) is 28.9 Å². The zero-order valence-electron chi connectivity index (χ0n) is 9.65. The molecule has 0 radical (unpaired) electrons. The number of aryl methyl sites for hydroxylation is 2. The van der Waals surface area contributed by atoms with E-state index in [1.807, 2.05) is 25.1 Å². The van der Waals surface area contributed by atoms with E-state index < -0.39 is 0 Å². The molecule has 16 heavy (non-hydrogen) atoms. The van der Waals surface area contributed by atoms with Crippen LogP contribution in [-0.4, -0.2) is 17.1 Å². The summed E-state index contributed by atoms with van der Waals surface area (Å²) in [7, 11) is 1.63. The maximum absolute atomic E-state index is 5.12. The van der Waals surface area contributed by atoms with Gasteiger partial charge in [-0.2, -0.15) is 0 Å². The lowest BCUT2D eigenvalue weighted by atomic mass is 10.3. The highest BCUT2D eigenvalue weighted by Crippen LogP contribution is 2.29. The van der Waals surface area contributed by atoms with Gasteiger partial charge < -0.3 is 4.74 Å². The number of hydrogen-bond donors (Lipinski definition) is 0. The Balaban J connectivity index is 2.45. The van der Waals surface area contributed by atoms with Crippen LogP contribution in [0.5, 0.6) is 5.88 Å². The number of rotatable bonds is 3. The quantitative estimate of drug-likeness (QED) is 0.818. The number of methoxy groups -OCH3 is 1. The van der Waals surface area contributed by atoms with Crippen LogP contribution in [0.15, 0.2) is 18.2 Å². The van der Waals surface area contributed by atoms with Gasteiger partial charge in [0.05, 0.1) is 28.4 Å². The molecule has 0 fully saturated rings. The molecule has 4 heteroatoms. The fourth-order valence-corrected chi connectivity index (χ4v) is 2.47. The lowest BCUT2D eigenvalue weighted by Crippen LogP contribution is -1.89. The normalized spacial score (nSPS) is 10.4. The number of thiazole rings is 1. The summed E-state index contributed by atoms with van der Waals surface area (Å²) in [5.74, 6) is 0.642. The molecule has 3 nitrogen and oxygen atoms in total. The topological polar surface area (TPSA) is 35.0 Å². The summed E-state index contributed by atoms with van der Waals surface area (Å²) in [6.45, 7) is 4.13. The van der Waals surface area contributed by atoms with Crippen molar-refractivity contribution in [2.24, 2.45) is 0 Å². The van der Waals surface area contributed by atoms with E-state index >= 15 is 0 Å². The van der Waals surface area contributed by atoms with Gasteiger partial charge in [-0.05, 0) is 19.4 Å². The third-order valence-electron chi connectivity index (χ3n) is 2.31. The molecule has 0 N–H and O–H groups in total. The summed E-state index contributed by atoms with van der Waals surface area (Å²) in [5.41, 5.74) is 1.98. The Bertz CT molecular complexity index is 494. The van der Waals surface area contributed by atoms with Gasteiger partial charge in [0.15, 0.2) is 0 Å². The van der Waals surface area contributed by atoms with Crippen LogP contribution in [0.4, 0.5) is 0 Å². The molecule has 84 valence electrons. The van der Waals surface area contributed by atoms with Crippen molar-refractivity contribution >= 4 is 11.3 Å². The second kappa shape index (κ2) is 4.61. The first kappa shape index (κ1) is 11.1. The minimum Gasteiger partial charge on any atom is -0.481 e. The summed E-state index contributed by atoms with van der Waals surface area (Å²) >= 11 is 1.70. The summed E-state index contributed by atoms with van der Waals surface area (Å²) < 4.78 is 5.12. The van der Waals surface area contributed by atoms with Gasteiger partial charge in [-0.3, -0.25) is 0 Å². The highest BCUT2D eigenvalue weighted by Gasteiger charge is 2.10. The molecule has 2 aromatic heterocycles. The van der Waals surface area contributed by atoms with E-state index in [1.54, 1.807) is 18.4 Å². The van der Waals surface area contributed by atoms with Gasteiger partial charge in [-0.15, -0.1) is 11.3 Å². The van der Waals surface area contributed by atoms with Crippen LogP contribution in [-0.2, 0) is 6.42 Å². The Morgan fingerprint density at radius 3 is 2.75 bits per heavy atom. The van der Waals surface area contributed by atoms with Crippen molar-refractivity contribution in [2.75, 3.05) is 7.11 Å². The molecule has 0 atom stereocenters. The first-order valence-corrected chi connectivity index (χ1v) is 6.04. The molecule has 0 saturated carbocycles. The third kappa shape index (κ3) is 2.07. The van der Waals surface area contributed by atoms with E-state index in [-0.39, 0.29) is 0 Å². The van der Waals surface area contributed by atoms with Gasteiger partial charge in [-0.1, -0.05) is 13.0 Å². The third-order valence-corrected chi connectivity index (χ3v) is 3.63. The summed E-state index contributed by atoms with van der Waals surface area (Å²) in [5, 5.41) is 1.15. The van der Waals surface area contributed by atoms with Crippen LogP contribution in [0.3, 0.4) is 0 Å². The first-order chi connectivity index (χ1) is 7.74. The zero-order valence-corrected chi connectivity index (χ0v) is 10.5. The van der Waals surface area contributed by atoms with Crippen molar-refractivity contribution in [1.82, 2.24) is 9.97 Å². The lowest BCUT2D eigenvalue weighted by Gasteiger charge is -2.01. The van der Waals surface area contributed by atoms with Gasteiger partial charge in [-0.25, -0.2) is 9.97 Å². The highest BCUT2D eigenvalue weighted by molar-refractivity contribution is 7.15. The number of nitrogens with zero attached hydrogens (tertiary/aromatic N) is 2. The molecule has 0 aliphatic heterocycles. The van der Waals surface area contributed by atoms with Crippen LogP contribution in [0, 0.1) is 6.92 Å². The van der Waals surface area contributed by atoms with Crippen molar-refractivity contribution in [3.8, 4) is 16.5 Å². The monoisotopic (exact) mass is 234 g/mol. The van der Waals surface area contributed by atoms with E-state index in [1.165, 1.54) is 0 Å². The van der Waals surface area contributed by atoms with E-state index in [0.29, 0.717) is 5.88 Å². The second-order valence-electron chi connectivity index (χ2n) is 3.44. The molecule has 0 aliphatic rings. The van der Waals surface area contributed by atoms with Crippen LogP contribution in [0.25, 0.3) is 10.6 Å². The molecule has 2 aromatic rings. The van der Waals surface area contributed by atoms with Gasteiger partial charge in [0.25, 0.3) is 0 Å². The fraction of sp³-hybridized carbons (Fsp3) is 0.333. The Kier molecular flexibility index (Phi) is 3.19. The van der Waals surface area contributed by atoms with Gasteiger partial charge in [0, 0.05) is 6.07 Å². The maximum Gasteiger partial charge on any atom is 0.213 e. The molecule has 0 spiro atoms. The molecule has 0 unspecified atom stereocenters. The predicted molar refractivity (Wildman–Crippen MR) is 66.0 cm³/mol. The van der Waals surface area contributed by atoms with Crippen molar-refractivity contribution in [2.45, 2.75) is 20.3 Å². The summed E-state index contributed by atoms with van der Waals surface area (Å²) in [4.78, 5) is 10.1. The highest BCUT2D eigenvalue weighted by atomic mass is 32.1. The minimum absolute atomic E-state index is 0.642. The van der Waals surface area contributed by atoms with Crippen molar-refractivity contribution in [3.63, 3.8) is 0 Å². The number of ether oxygens (including phenoxy) is 1. The molecule has 0 bridgehead atoms. The van der Waals surface area contributed by atoms with Crippen LogP contribution >= 0.6 is 11.3 Å². The molecule has 0 aliphatic carbocycles. The van der Waals surface area contributed by atoms with E-state index in [2.05, 4.69) is 16.9 Å². The first-order valence-electron chi connectivity index (χ1n) is 5.22. The average molecular weight is 234 g/mol. The lowest BCUT2D eigenvalue weighted by molar-refractivity contribution is 0.398.